The Labute approximate surface area is 175 Å². The number of fused-ring (bicyclic) bond motifs is 1. The van der Waals surface area contributed by atoms with E-state index in [0.717, 1.165) is 35.3 Å². The molecule has 9 heteroatoms. The maximum atomic E-state index is 13.0. The third-order valence-electron chi connectivity index (χ3n) is 5.88. The quantitative estimate of drug-likeness (QED) is 0.647. The summed E-state index contributed by atoms with van der Waals surface area (Å²) >= 11 is 0. The minimum atomic E-state index is -3.51. The number of hydrogen-bond acceptors (Lipinski definition) is 6. The number of methoxy groups -OCH3 is 1. The molecule has 0 bridgehead atoms. The first-order valence-electron chi connectivity index (χ1n) is 10.1. The Bertz CT molecular complexity index is 1200. The third kappa shape index (κ3) is 3.23. The zero-order chi connectivity index (χ0) is 20.9. The maximum Gasteiger partial charge on any atom is 0.243 e. The molecule has 0 saturated carbocycles. The number of sulfonamides is 1. The van der Waals surface area contributed by atoms with Gasteiger partial charge in [0.2, 0.25) is 15.9 Å². The molecule has 0 radical (unpaired) electrons. The number of nitrogens with one attached hydrogen (secondary N) is 1. The van der Waals surface area contributed by atoms with E-state index >= 15 is 0 Å². The number of aliphatic hydroxyl groups is 1. The summed E-state index contributed by atoms with van der Waals surface area (Å²) in [4.78, 5) is 10.1. The van der Waals surface area contributed by atoms with E-state index in [1.807, 2.05) is 18.2 Å². The molecule has 8 nitrogen and oxygen atoms in total. The van der Waals surface area contributed by atoms with Gasteiger partial charge in [-0.1, -0.05) is 0 Å². The van der Waals surface area contributed by atoms with Gasteiger partial charge in [0.05, 0.1) is 18.1 Å². The van der Waals surface area contributed by atoms with Crippen molar-refractivity contribution in [1.82, 2.24) is 14.3 Å². The van der Waals surface area contributed by atoms with Crippen molar-refractivity contribution >= 4 is 26.7 Å². The smallest absolute Gasteiger partial charge is 0.243 e. The van der Waals surface area contributed by atoms with E-state index in [-0.39, 0.29) is 11.0 Å². The van der Waals surface area contributed by atoms with Crippen LogP contribution in [0.1, 0.15) is 12.8 Å². The van der Waals surface area contributed by atoms with Crippen molar-refractivity contribution in [2.24, 2.45) is 0 Å². The second-order valence-electron chi connectivity index (χ2n) is 7.80. The molecule has 0 amide bonds. The molecule has 30 heavy (non-hydrogen) atoms. The van der Waals surface area contributed by atoms with Crippen molar-refractivity contribution in [2.75, 3.05) is 38.2 Å². The lowest BCUT2D eigenvalue weighted by molar-refractivity contribution is 0.198. The SMILES string of the molecule is COc1ccc2cc(-c3cc(S(=O)(=O)N4CCC4)ccc3N3CC[C@H](O)C3)[nH]c2n1. The summed E-state index contributed by atoms with van der Waals surface area (Å²) < 4.78 is 32.7. The monoisotopic (exact) mass is 428 g/mol. The number of ether oxygens (including phenoxy) is 1. The zero-order valence-electron chi connectivity index (χ0n) is 16.7. The molecule has 2 aromatic heterocycles. The number of β-amino-alcohol motifs (C(OH)–C–C–N with tert-alkyl or cyclic N) is 1. The fourth-order valence-corrected chi connectivity index (χ4v) is 5.59. The molecule has 3 aromatic rings. The van der Waals surface area contributed by atoms with Crippen molar-refractivity contribution in [1.29, 1.82) is 0 Å². The summed E-state index contributed by atoms with van der Waals surface area (Å²) in [7, 11) is -1.94. The van der Waals surface area contributed by atoms with E-state index in [1.165, 1.54) is 4.31 Å². The highest BCUT2D eigenvalue weighted by Crippen LogP contribution is 2.37. The average Bonchev–Trinajstić information content (AvgIpc) is 3.31. The Kier molecular flexibility index (Phi) is 4.68. The molecule has 1 atom stereocenters. The van der Waals surface area contributed by atoms with Crippen LogP contribution in [-0.2, 0) is 10.0 Å². The van der Waals surface area contributed by atoms with Gasteiger partial charge in [0.15, 0.2) is 0 Å². The lowest BCUT2D eigenvalue weighted by Crippen LogP contribution is -2.41. The van der Waals surface area contributed by atoms with E-state index in [1.54, 1.807) is 25.3 Å². The van der Waals surface area contributed by atoms with Crippen molar-refractivity contribution in [3.8, 4) is 17.1 Å². The molecule has 2 aliphatic heterocycles. The van der Waals surface area contributed by atoms with Gasteiger partial charge in [0.25, 0.3) is 0 Å². The molecule has 2 fully saturated rings. The molecule has 158 valence electrons. The maximum absolute atomic E-state index is 13.0. The summed E-state index contributed by atoms with van der Waals surface area (Å²) in [6.07, 6.45) is 1.21. The van der Waals surface area contributed by atoms with Crippen LogP contribution in [-0.4, -0.2) is 67.2 Å². The van der Waals surface area contributed by atoms with Crippen molar-refractivity contribution in [3.63, 3.8) is 0 Å². The molecule has 4 heterocycles. The van der Waals surface area contributed by atoms with Gasteiger partial charge in [-0.15, -0.1) is 0 Å². The fourth-order valence-electron chi connectivity index (χ4n) is 4.05. The Morgan fingerprint density at radius 2 is 2.00 bits per heavy atom. The van der Waals surface area contributed by atoms with Crippen LogP contribution in [0.15, 0.2) is 41.3 Å². The lowest BCUT2D eigenvalue weighted by atomic mass is 10.1. The molecule has 0 unspecified atom stereocenters. The van der Waals surface area contributed by atoms with E-state index < -0.39 is 10.0 Å². The Balaban J connectivity index is 1.64. The van der Waals surface area contributed by atoms with Crippen LogP contribution in [0.3, 0.4) is 0 Å². The molecule has 2 aliphatic rings. The van der Waals surface area contributed by atoms with Crippen molar-refractivity contribution in [3.05, 3.63) is 36.4 Å². The van der Waals surface area contributed by atoms with Crippen molar-refractivity contribution < 1.29 is 18.3 Å². The first-order chi connectivity index (χ1) is 14.5. The number of rotatable bonds is 5. The zero-order valence-corrected chi connectivity index (χ0v) is 17.5. The number of anilines is 1. The number of benzene rings is 1. The minimum absolute atomic E-state index is 0.282. The van der Waals surface area contributed by atoms with E-state index in [4.69, 9.17) is 4.74 Å². The number of aromatic amines is 1. The first-order valence-corrected chi connectivity index (χ1v) is 11.5. The second-order valence-corrected chi connectivity index (χ2v) is 9.74. The lowest BCUT2D eigenvalue weighted by Gasteiger charge is -2.30. The van der Waals surface area contributed by atoms with Gasteiger partial charge in [-0.25, -0.2) is 8.42 Å². The number of pyridine rings is 1. The summed E-state index contributed by atoms with van der Waals surface area (Å²) in [5.74, 6) is 0.507. The van der Waals surface area contributed by atoms with Crippen LogP contribution >= 0.6 is 0 Å². The van der Waals surface area contributed by atoms with Gasteiger partial charge in [-0.3, -0.25) is 0 Å². The Hall–Kier alpha value is -2.62. The summed E-state index contributed by atoms with van der Waals surface area (Å²) in [6.45, 7) is 2.37. The van der Waals surface area contributed by atoms with Gasteiger partial charge >= 0.3 is 0 Å². The second kappa shape index (κ2) is 7.26. The Morgan fingerprint density at radius 1 is 1.17 bits per heavy atom. The minimum Gasteiger partial charge on any atom is -0.481 e. The normalized spacial score (nSPS) is 19.9. The molecule has 0 aliphatic carbocycles. The van der Waals surface area contributed by atoms with Gasteiger partial charge in [0.1, 0.15) is 5.65 Å². The number of aromatic nitrogens is 2. The molecular formula is C21H24N4O4S. The van der Waals surface area contributed by atoms with Gasteiger partial charge in [-0.05, 0) is 43.2 Å². The van der Waals surface area contributed by atoms with Crippen LogP contribution in [0.4, 0.5) is 5.69 Å². The largest absolute Gasteiger partial charge is 0.481 e. The molecular weight excluding hydrogens is 404 g/mol. The number of H-pyrrole nitrogens is 1. The third-order valence-corrected chi connectivity index (χ3v) is 7.77. The molecule has 5 rings (SSSR count). The highest BCUT2D eigenvalue weighted by Gasteiger charge is 2.31. The number of nitrogens with zero attached hydrogens (tertiary/aromatic N) is 3. The summed E-state index contributed by atoms with van der Waals surface area (Å²) in [6, 6.07) is 10.9. The topological polar surface area (TPSA) is 98.8 Å². The fraction of sp³-hybridized carbons (Fsp3) is 0.381. The number of aliphatic hydroxyl groups excluding tert-OH is 1. The standard InChI is InChI=1S/C21H24N4O4S/c1-29-20-6-3-14-11-18(22-21(14)23-20)17-12-16(30(27,28)25-8-2-9-25)4-5-19(17)24-10-7-15(26)13-24/h3-6,11-12,15,26H,2,7-10,13H2,1H3,(H,22,23)/t15-/m0/s1. The van der Waals surface area contributed by atoms with E-state index in [2.05, 4.69) is 14.9 Å². The predicted octanol–water partition coefficient (Wildman–Crippen LogP) is 2.20. The van der Waals surface area contributed by atoms with Crippen LogP contribution in [0.25, 0.3) is 22.3 Å². The highest BCUT2D eigenvalue weighted by molar-refractivity contribution is 7.89. The molecule has 1 aromatic carbocycles. The van der Waals surface area contributed by atoms with E-state index in [9.17, 15) is 13.5 Å². The molecule has 2 saturated heterocycles. The molecule has 0 spiro atoms. The van der Waals surface area contributed by atoms with Gasteiger partial charge in [0, 0.05) is 54.6 Å². The van der Waals surface area contributed by atoms with Crippen LogP contribution in [0, 0.1) is 0 Å². The summed E-state index contributed by atoms with van der Waals surface area (Å²) in [5.41, 5.74) is 3.13. The summed E-state index contributed by atoms with van der Waals surface area (Å²) in [5, 5.41) is 10.9. The van der Waals surface area contributed by atoms with Gasteiger partial charge < -0.3 is 19.7 Å². The van der Waals surface area contributed by atoms with Crippen LogP contribution < -0.4 is 9.64 Å². The van der Waals surface area contributed by atoms with Crippen LogP contribution in [0.2, 0.25) is 0 Å². The van der Waals surface area contributed by atoms with E-state index in [0.29, 0.717) is 37.6 Å². The number of hydrogen-bond donors (Lipinski definition) is 2. The van der Waals surface area contributed by atoms with Crippen LogP contribution in [0.5, 0.6) is 5.88 Å². The van der Waals surface area contributed by atoms with Gasteiger partial charge in [-0.2, -0.15) is 9.29 Å². The predicted molar refractivity (Wildman–Crippen MR) is 114 cm³/mol. The highest BCUT2D eigenvalue weighted by atomic mass is 32.2. The molecule has 2 N–H and O–H groups in total. The average molecular weight is 429 g/mol. The first kappa shape index (κ1) is 19.3. The van der Waals surface area contributed by atoms with Crippen molar-refractivity contribution in [2.45, 2.75) is 23.8 Å². The Morgan fingerprint density at radius 3 is 2.67 bits per heavy atom.